The van der Waals surface area contributed by atoms with E-state index in [-0.39, 0.29) is 11.5 Å². The van der Waals surface area contributed by atoms with Gasteiger partial charge >= 0.3 is 0 Å². The first-order valence-corrected chi connectivity index (χ1v) is 8.53. The number of nitrogens with one attached hydrogen (secondary N) is 2. The molecular weight excluding hydrogens is 304 g/mol. The van der Waals surface area contributed by atoms with Gasteiger partial charge in [-0.3, -0.25) is 9.89 Å². The second-order valence-electron chi connectivity index (χ2n) is 6.47. The molecule has 0 bridgehead atoms. The number of benzene rings is 1. The highest BCUT2D eigenvalue weighted by molar-refractivity contribution is 5.94. The summed E-state index contributed by atoms with van der Waals surface area (Å²) in [7, 11) is 0. The molecule has 0 radical (unpaired) electrons. The van der Waals surface area contributed by atoms with E-state index in [0.29, 0.717) is 17.9 Å². The molecule has 2 heterocycles. The molecule has 1 aliphatic heterocycles. The van der Waals surface area contributed by atoms with Crippen molar-refractivity contribution in [3.05, 3.63) is 35.7 Å². The lowest BCUT2D eigenvalue weighted by molar-refractivity contribution is -0.0618. The number of nitrogens with zero attached hydrogens (tertiary/aromatic N) is 2. The van der Waals surface area contributed by atoms with Crippen molar-refractivity contribution in [1.82, 2.24) is 20.5 Å². The summed E-state index contributed by atoms with van der Waals surface area (Å²) in [4.78, 5) is 16.7. The zero-order valence-corrected chi connectivity index (χ0v) is 14.3. The van der Waals surface area contributed by atoms with Crippen molar-refractivity contribution in [2.45, 2.75) is 45.1 Å². The number of ether oxygens (including phenoxy) is 1. The van der Waals surface area contributed by atoms with Gasteiger partial charge in [-0.25, -0.2) is 4.98 Å². The normalized spacial score (nSPS) is 20.8. The summed E-state index contributed by atoms with van der Waals surface area (Å²) in [6.07, 6.45) is 4.05. The molecule has 2 aromatic rings. The van der Waals surface area contributed by atoms with Gasteiger partial charge < -0.3 is 10.1 Å². The van der Waals surface area contributed by atoms with Gasteiger partial charge in [-0.1, -0.05) is 19.1 Å². The minimum Gasteiger partial charge on any atom is -0.373 e. The fourth-order valence-electron chi connectivity index (χ4n) is 2.85. The molecule has 3 rings (SSSR count). The SMILES string of the molecule is CCc1nc(-c2ccc(C(=O)NCC3(C)CCCCO3)cc2)n[nH]1. The van der Waals surface area contributed by atoms with Gasteiger partial charge in [0.2, 0.25) is 0 Å². The molecule has 1 aliphatic rings. The first-order chi connectivity index (χ1) is 11.6. The molecule has 1 aromatic carbocycles. The Morgan fingerprint density at radius 3 is 2.75 bits per heavy atom. The summed E-state index contributed by atoms with van der Waals surface area (Å²) in [6.45, 7) is 5.39. The summed E-state index contributed by atoms with van der Waals surface area (Å²) in [5, 5.41) is 10.1. The number of rotatable bonds is 5. The summed E-state index contributed by atoms with van der Waals surface area (Å²) in [5.74, 6) is 1.43. The molecule has 1 saturated heterocycles. The van der Waals surface area contributed by atoms with Crippen molar-refractivity contribution >= 4 is 5.91 Å². The molecule has 1 aromatic heterocycles. The Balaban J connectivity index is 1.61. The summed E-state index contributed by atoms with van der Waals surface area (Å²) < 4.78 is 5.81. The summed E-state index contributed by atoms with van der Waals surface area (Å²) >= 11 is 0. The number of hydrogen-bond donors (Lipinski definition) is 2. The van der Waals surface area contributed by atoms with E-state index in [1.54, 1.807) is 12.1 Å². The van der Waals surface area contributed by atoms with Crippen LogP contribution in [0.3, 0.4) is 0 Å². The Morgan fingerprint density at radius 1 is 1.33 bits per heavy atom. The van der Waals surface area contributed by atoms with Gasteiger partial charge in [0.25, 0.3) is 5.91 Å². The van der Waals surface area contributed by atoms with Crippen LogP contribution in [0.1, 0.15) is 49.3 Å². The molecule has 0 spiro atoms. The van der Waals surface area contributed by atoms with Crippen LogP contribution < -0.4 is 5.32 Å². The van der Waals surface area contributed by atoms with Crippen molar-refractivity contribution in [3.8, 4) is 11.4 Å². The maximum atomic E-state index is 12.3. The van der Waals surface area contributed by atoms with Gasteiger partial charge in [0, 0.05) is 30.7 Å². The Morgan fingerprint density at radius 2 is 2.12 bits per heavy atom. The van der Waals surface area contributed by atoms with Crippen LogP contribution in [-0.4, -0.2) is 39.8 Å². The third-order valence-electron chi connectivity index (χ3n) is 4.45. The lowest BCUT2D eigenvalue weighted by Crippen LogP contribution is -2.44. The molecular formula is C18H24N4O2. The number of hydrogen-bond acceptors (Lipinski definition) is 4. The van der Waals surface area contributed by atoms with E-state index in [2.05, 4.69) is 27.4 Å². The second kappa shape index (κ2) is 7.13. The molecule has 2 N–H and O–H groups in total. The molecule has 0 saturated carbocycles. The zero-order valence-electron chi connectivity index (χ0n) is 14.3. The Bertz CT molecular complexity index is 687. The number of aromatic amines is 1. The van der Waals surface area contributed by atoms with Crippen LogP contribution in [0.15, 0.2) is 24.3 Å². The zero-order chi connectivity index (χ0) is 17.0. The van der Waals surface area contributed by atoms with Gasteiger partial charge in [0.15, 0.2) is 5.82 Å². The molecule has 24 heavy (non-hydrogen) atoms. The summed E-state index contributed by atoms with van der Waals surface area (Å²) in [6, 6.07) is 7.35. The number of H-pyrrole nitrogens is 1. The van der Waals surface area contributed by atoms with Gasteiger partial charge in [0.05, 0.1) is 5.60 Å². The van der Waals surface area contributed by atoms with Crippen molar-refractivity contribution in [1.29, 1.82) is 0 Å². The van der Waals surface area contributed by atoms with Gasteiger partial charge in [-0.15, -0.1) is 0 Å². The van der Waals surface area contributed by atoms with Crippen molar-refractivity contribution in [3.63, 3.8) is 0 Å². The van der Waals surface area contributed by atoms with E-state index < -0.39 is 0 Å². The average molecular weight is 328 g/mol. The monoisotopic (exact) mass is 328 g/mol. The van der Waals surface area contributed by atoms with Crippen LogP contribution in [-0.2, 0) is 11.2 Å². The van der Waals surface area contributed by atoms with Crippen LogP contribution in [0.5, 0.6) is 0 Å². The number of carbonyl (C=O) groups excluding carboxylic acids is 1. The second-order valence-corrected chi connectivity index (χ2v) is 6.47. The maximum Gasteiger partial charge on any atom is 0.251 e. The van der Waals surface area contributed by atoms with E-state index in [1.807, 2.05) is 19.1 Å². The number of aromatic nitrogens is 3. The molecule has 0 aliphatic carbocycles. The van der Waals surface area contributed by atoms with E-state index in [9.17, 15) is 4.79 Å². The maximum absolute atomic E-state index is 12.3. The largest absolute Gasteiger partial charge is 0.373 e. The van der Waals surface area contributed by atoms with Crippen molar-refractivity contribution in [2.75, 3.05) is 13.2 Å². The number of amides is 1. The molecule has 1 unspecified atom stereocenters. The fourth-order valence-corrected chi connectivity index (χ4v) is 2.85. The van der Waals surface area contributed by atoms with Crippen LogP contribution in [0.25, 0.3) is 11.4 Å². The van der Waals surface area contributed by atoms with Crippen LogP contribution in [0, 0.1) is 0 Å². The first kappa shape index (κ1) is 16.6. The predicted molar refractivity (Wildman–Crippen MR) is 91.7 cm³/mol. The molecule has 6 nitrogen and oxygen atoms in total. The van der Waals surface area contributed by atoms with E-state index in [1.165, 1.54) is 0 Å². The van der Waals surface area contributed by atoms with Gasteiger partial charge in [0.1, 0.15) is 5.82 Å². The van der Waals surface area contributed by atoms with Crippen LogP contribution >= 0.6 is 0 Å². The number of carbonyl (C=O) groups is 1. The Labute approximate surface area is 142 Å². The molecule has 6 heteroatoms. The third-order valence-corrected chi connectivity index (χ3v) is 4.45. The van der Waals surface area contributed by atoms with Gasteiger partial charge in [-0.05, 0) is 38.3 Å². The Kier molecular flexibility index (Phi) is 4.94. The average Bonchev–Trinajstić information content (AvgIpc) is 3.10. The van der Waals surface area contributed by atoms with E-state index in [0.717, 1.165) is 43.7 Å². The van der Waals surface area contributed by atoms with Crippen LogP contribution in [0.4, 0.5) is 0 Å². The summed E-state index contributed by atoms with van der Waals surface area (Å²) in [5.41, 5.74) is 1.28. The highest BCUT2D eigenvalue weighted by Gasteiger charge is 2.28. The minimum atomic E-state index is -0.247. The highest BCUT2D eigenvalue weighted by Crippen LogP contribution is 2.23. The molecule has 1 fully saturated rings. The fraction of sp³-hybridized carbons (Fsp3) is 0.500. The standard InChI is InChI=1S/C18H24N4O2/c1-3-15-20-16(22-21-15)13-6-8-14(9-7-13)17(23)19-12-18(2)10-4-5-11-24-18/h6-9H,3-5,10-12H2,1-2H3,(H,19,23)(H,20,21,22). The smallest absolute Gasteiger partial charge is 0.251 e. The first-order valence-electron chi connectivity index (χ1n) is 8.53. The van der Waals surface area contributed by atoms with Crippen molar-refractivity contribution in [2.24, 2.45) is 0 Å². The van der Waals surface area contributed by atoms with E-state index in [4.69, 9.17) is 4.74 Å². The Hall–Kier alpha value is -2.21. The predicted octanol–water partition coefficient (Wildman–Crippen LogP) is 2.72. The van der Waals surface area contributed by atoms with Crippen LogP contribution in [0.2, 0.25) is 0 Å². The van der Waals surface area contributed by atoms with E-state index >= 15 is 0 Å². The third kappa shape index (κ3) is 3.82. The molecule has 1 atom stereocenters. The molecule has 1 amide bonds. The lowest BCUT2D eigenvalue weighted by Gasteiger charge is -2.33. The quantitative estimate of drug-likeness (QED) is 0.884. The van der Waals surface area contributed by atoms with Gasteiger partial charge in [-0.2, -0.15) is 5.10 Å². The highest BCUT2D eigenvalue weighted by atomic mass is 16.5. The number of aryl methyl sites for hydroxylation is 1. The minimum absolute atomic E-state index is 0.0822. The van der Waals surface area contributed by atoms with Crippen molar-refractivity contribution < 1.29 is 9.53 Å². The lowest BCUT2D eigenvalue weighted by atomic mass is 9.96. The molecule has 128 valence electrons. The topological polar surface area (TPSA) is 79.9 Å².